The molecule has 4 saturated carbocycles. The fraction of sp³-hybridized carbons (Fsp3) is 0.512. The van der Waals surface area contributed by atoms with E-state index in [-0.39, 0.29) is 52.8 Å². The first kappa shape index (κ1) is 33.6. The highest BCUT2D eigenvalue weighted by Crippen LogP contribution is 2.67. The Morgan fingerprint density at radius 2 is 1.24 bits per heavy atom. The zero-order chi connectivity index (χ0) is 31.1. The van der Waals surface area contributed by atoms with Crippen LogP contribution in [-0.4, -0.2) is 24.5 Å². The van der Waals surface area contributed by atoms with Crippen molar-refractivity contribution in [2.45, 2.75) is 78.1 Å². The molecule has 46 heavy (non-hydrogen) atoms. The monoisotopic (exact) mass is 700 g/mol. The van der Waals surface area contributed by atoms with Crippen molar-refractivity contribution in [3.05, 3.63) is 91.0 Å². The summed E-state index contributed by atoms with van der Waals surface area (Å²) >= 11 is 0. The van der Waals surface area contributed by atoms with E-state index in [0.29, 0.717) is 11.3 Å². The second-order valence-electron chi connectivity index (χ2n) is 15.2. The van der Waals surface area contributed by atoms with Crippen LogP contribution in [0.2, 0.25) is 0 Å². The second kappa shape index (κ2) is 13.7. The van der Waals surface area contributed by atoms with Crippen LogP contribution in [-0.2, 0) is 14.3 Å². The molecular formula is C41H50BrO3P. The van der Waals surface area contributed by atoms with Gasteiger partial charge < -0.3 is 21.7 Å². The number of halogens is 1. The summed E-state index contributed by atoms with van der Waals surface area (Å²) in [6.07, 6.45) is 13.2. The Balaban J connectivity index is 0.00000372. The maximum atomic E-state index is 14.0. The van der Waals surface area contributed by atoms with Gasteiger partial charge in [-0.1, -0.05) is 81.3 Å². The van der Waals surface area contributed by atoms with E-state index >= 15 is 0 Å². The van der Waals surface area contributed by atoms with E-state index in [1.54, 1.807) is 0 Å². The third kappa shape index (κ3) is 5.74. The number of fused-ring (bicyclic) bond motifs is 5. The minimum atomic E-state index is -2.35. The van der Waals surface area contributed by atoms with E-state index < -0.39 is 7.26 Å². The molecule has 0 amide bonds. The number of esters is 1. The molecule has 5 heteroatoms. The molecule has 3 aromatic carbocycles. The van der Waals surface area contributed by atoms with Crippen LogP contribution < -0.4 is 32.9 Å². The van der Waals surface area contributed by atoms with E-state index in [1.165, 1.54) is 44.9 Å². The number of benzene rings is 3. The molecule has 0 heterocycles. The van der Waals surface area contributed by atoms with Gasteiger partial charge in [0.15, 0.2) is 11.9 Å². The van der Waals surface area contributed by atoms with Crippen molar-refractivity contribution >= 4 is 34.9 Å². The quantitative estimate of drug-likeness (QED) is 0.242. The van der Waals surface area contributed by atoms with E-state index in [4.69, 9.17) is 4.74 Å². The van der Waals surface area contributed by atoms with Gasteiger partial charge in [-0.25, -0.2) is 4.79 Å². The largest absolute Gasteiger partial charge is 1.00 e. The lowest BCUT2D eigenvalue weighted by Gasteiger charge is -2.60. The first-order valence-electron chi connectivity index (χ1n) is 17.6. The van der Waals surface area contributed by atoms with Crippen LogP contribution in [0.25, 0.3) is 0 Å². The Morgan fingerprint density at radius 3 is 1.83 bits per heavy atom. The summed E-state index contributed by atoms with van der Waals surface area (Å²) in [5.74, 6) is 3.00. The van der Waals surface area contributed by atoms with Crippen molar-refractivity contribution in [3.63, 3.8) is 0 Å². The summed E-state index contributed by atoms with van der Waals surface area (Å²) in [6, 6.07) is 31.2. The molecule has 0 bridgehead atoms. The predicted molar refractivity (Wildman–Crippen MR) is 186 cm³/mol. The summed E-state index contributed by atoms with van der Waals surface area (Å²) in [5, 5.41) is 3.44. The van der Waals surface area contributed by atoms with E-state index in [2.05, 4.69) is 86.6 Å². The number of carbonyl (C=O) groups is 2. The first-order chi connectivity index (χ1) is 21.9. The molecule has 1 unspecified atom stereocenters. The van der Waals surface area contributed by atoms with E-state index in [1.807, 2.05) is 18.2 Å². The summed E-state index contributed by atoms with van der Waals surface area (Å²) in [5.41, 5.74) is 0.545. The molecular weight excluding hydrogens is 651 g/mol. The molecule has 244 valence electrons. The van der Waals surface area contributed by atoms with E-state index in [0.717, 1.165) is 52.9 Å². The number of Topliss-reactive ketones (excluding diaryl/α,β-unsaturated/α-hetero) is 1. The minimum absolute atomic E-state index is 0. The maximum absolute atomic E-state index is 14.0. The normalized spacial score (nSPS) is 31.8. The van der Waals surface area contributed by atoms with Gasteiger partial charge in [0.2, 0.25) is 0 Å². The first-order valence-corrected chi connectivity index (χ1v) is 19.6. The molecule has 0 radical (unpaired) electrons. The van der Waals surface area contributed by atoms with Crippen molar-refractivity contribution < 1.29 is 31.3 Å². The average Bonchev–Trinajstić information content (AvgIpc) is 3.44. The van der Waals surface area contributed by atoms with Gasteiger partial charge in [0, 0.05) is 5.92 Å². The standard InChI is InChI=1S/C41H50O3P.BrH/c1-40-26-13-12-14-30(40)21-22-34-35-23-24-37(41(35,2)27-25-36(34)40)38(42)28-44-39(43)29-45(31-15-6-3-7-16-31,32-17-8-4-9-18-32)33-19-10-5-11-20-33;/h3-11,15-20,30,34-37H,12-14,21-29H2,1-2H3;1H/q+1;/p-1/t30?,34-,35-,36-,37+,40-,41-;/m0./s1. The highest BCUT2D eigenvalue weighted by Gasteiger charge is 2.60. The zero-order valence-corrected chi connectivity index (χ0v) is 30.1. The smallest absolute Gasteiger partial charge is 0.345 e. The van der Waals surface area contributed by atoms with Gasteiger partial charge in [-0.3, -0.25) is 4.79 Å². The lowest BCUT2D eigenvalue weighted by atomic mass is 9.45. The summed E-state index contributed by atoms with van der Waals surface area (Å²) in [7, 11) is -2.35. The molecule has 0 N–H and O–H groups in total. The number of hydrogen-bond donors (Lipinski definition) is 0. The SMILES string of the molecule is C[C@]12CC[C@H]3[C@@H](CCC4CCCC[C@@]43C)[C@@H]1CC[C@@H]2C(=O)COC(=O)C[P+](c1ccccc1)(c1ccccc1)c1ccccc1.[Br-]. The van der Waals surface area contributed by atoms with Crippen molar-refractivity contribution in [1.29, 1.82) is 0 Å². The Bertz CT molecular complexity index is 1400. The molecule has 0 aliphatic heterocycles. The van der Waals surface area contributed by atoms with Crippen molar-refractivity contribution in [2.24, 2.45) is 40.4 Å². The molecule has 7 rings (SSSR count). The molecule has 3 nitrogen and oxygen atoms in total. The Morgan fingerprint density at radius 1 is 0.674 bits per heavy atom. The average molecular weight is 702 g/mol. The molecule has 4 aliphatic carbocycles. The topological polar surface area (TPSA) is 43.4 Å². The maximum Gasteiger partial charge on any atom is 0.345 e. The second-order valence-corrected chi connectivity index (χ2v) is 18.7. The lowest BCUT2D eigenvalue weighted by molar-refractivity contribution is -0.150. The van der Waals surface area contributed by atoms with Crippen LogP contribution in [0.15, 0.2) is 91.0 Å². The van der Waals surface area contributed by atoms with Gasteiger partial charge in [0.1, 0.15) is 29.8 Å². The molecule has 0 aromatic heterocycles. The number of rotatable bonds is 8. The molecule has 0 saturated heterocycles. The van der Waals surface area contributed by atoms with Crippen LogP contribution in [0.4, 0.5) is 0 Å². The predicted octanol–water partition coefficient (Wildman–Crippen LogP) is 5.15. The molecule has 4 fully saturated rings. The Hall–Kier alpha value is -2.29. The van der Waals surface area contributed by atoms with Crippen LogP contribution in [0, 0.1) is 40.4 Å². The third-order valence-corrected chi connectivity index (χ3v) is 17.6. The summed E-state index contributed by atoms with van der Waals surface area (Å²) in [4.78, 5) is 27.8. The highest BCUT2D eigenvalue weighted by atomic mass is 79.9. The van der Waals surface area contributed by atoms with Gasteiger partial charge in [-0.2, -0.15) is 0 Å². The lowest BCUT2D eigenvalue weighted by Crippen LogP contribution is -3.00. The zero-order valence-electron chi connectivity index (χ0n) is 27.6. The minimum Gasteiger partial charge on any atom is -1.00 e. The Labute approximate surface area is 287 Å². The molecule has 3 aromatic rings. The van der Waals surface area contributed by atoms with Crippen LogP contribution in [0.1, 0.15) is 78.1 Å². The van der Waals surface area contributed by atoms with Crippen LogP contribution >= 0.6 is 7.26 Å². The highest BCUT2D eigenvalue weighted by molar-refractivity contribution is 7.96. The Kier molecular flexibility index (Phi) is 9.99. The van der Waals surface area contributed by atoms with Crippen LogP contribution in [0.3, 0.4) is 0 Å². The van der Waals surface area contributed by atoms with Gasteiger partial charge >= 0.3 is 5.97 Å². The number of ether oxygens (including phenoxy) is 1. The summed E-state index contributed by atoms with van der Waals surface area (Å²) < 4.78 is 5.99. The van der Waals surface area contributed by atoms with Crippen LogP contribution in [0.5, 0.6) is 0 Å². The van der Waals surface area contributed by atoms with Crippen molar-refractivity contribution in [1.82, 2.24) is 0 Å². The number of ketones is 1. The van der Waals surface area contributed by atoms with Crippen molar-refractivity contribution in [3.8, 4) is 0 Å². The van der Waals surface area contributed by atoms with Crippen molar-refractivity contribution in [2.75, 3.05) is 12.8 Å². The van der Waals surface area contributed by atoms with Gasteiger partial charge in [-0.05, 0) is 122 Å². The van der Waals surface area contributed by atoms with E-state index in [9.17, 15) is 9.59 Å². The molecule has 7 atom stereocenters. The molecule has 4 aliphatic rings. The van der Waals surface area contributed by atoms with Gasteiger partial charge in [-0.15, -0.1) is 0 Å². The fourth-order valence-electron chi connectivity index (χ4n) is 11.1. The molecule has 0 spiro atoms. The van der Waals surface area contributed by atoms with Gasteiger partial charge in [0.25, 0.3) is 0 Å². The fourth-order valence-corrected chi connectivity index (χ4v) is 15.0. The van der Waals surface area contributed by atoms with Gasteiger partial charge in [0.05, 0.1) is 0 Å². The summed E-state index contributed by atoms with van der Waals surface area (Å²) in [6.45, 7) is 4.94. The third-order valence-electron chi connectivity index (χ3n) is 13.3. The number of hydrogen-bond acceptors (Lipinski definition) is 3. The number of carbonyl (C=O) groups excluding carboxylic acids is 2.